The minimum absolute atomic E-state index is 0.166. The van der Waals surface area contributed by atoms with Crippen molar-refractivity contribution < 1.29 is 13.2 Å². The van der Waals surface area contributed by atoms with Crippen LogP contribution in [0.4, 0.5) is 11.4 Å². The Morgan fingerprint density at radius 1 is 1.15 bits per heavy atom. The van der Waals surface area contributed by atoms with Crippen LogP contribution in [-0.2, 0) is 21.2 Å². The molecule has 7 heteroatoms. The van der Waals surface area contributed by atoms with Crippen LogP contribution in [0.1, 0.15) is 24.0 Å². The van der Waals surface area contributed by atoms with Crippen molar-refractivity contribution in [2.75, 3.05) is 21.9 Å². The van der Waals surface area contributed by atoms with Crippen molar-refractivity contribution in [3.8, 4) is 6.07 Å². The predicted octanol–water partition coefficient (Wildman–Crippen LogP) is 2.67. The van der Waals surface area contributed by atoms with Crippen molar-refractivity contribution in [2.24, 2.45) is 0 Å². The molecule has 0 radical (unpaired) electrons. The summed E-state index contributed by atoms with van der Waals surface area (Å²) in [5.41, 5.74) is 2.44. The monoisotopic (exact) mass is 369 g/mol. The van der Waals surface area contributed by atoms with Crippen LogP contribution in [0.2, 0.25) is 0 Å². The molecular weight excluding hydrogens is 350 g/mol. The standard InChI is InChI=1S/C19H19N3O3S/c20-14-16-7-1-3-9-17(16)21-19(23)11-13-26(24,25)22-12-5-8-15-6-2-4-10-18(15)22/h1-4,6-7,9-10H,5,8,11-13H2,(H,21,23). The summed E-state index contributed by atoms with van der Waals surface area (Å²) in [7, 11) is -3.59. The maximum atomic E-state index is 12.7. The average Bonchev–Trinajstić information content (AvgIpc) is 2.66. The van der Waals surface area contributed by atoms with Gasteiger partial charge in [-0.2, -0.15) is 5.26 Å². The lowest BCUT2D eigenvalue weighted by atomic mass is 10.0. The van der Waals surface area contributed by atoms with Crippen molar-refractivity contribution in [1.29, 1.82) is 5.26 Å². The van der Waals surface area contributed by atoms with Crippen LogP contribution in [0.15, 0.2) is 48.5 Å². The Bertz CT molecular complexity index is 964. The Hall–Kier alpha value is -2.85. The number of fused-ring (bicyclic) bond motifs is 1. The lowest BCUT2D eigenvalue weighted by Gasteiger charge is -2.30. The Labute approximate surface area is 153 Å². The quantitative estimate of drug-likeness (QED) is 0.877. The van der Waals surface area contributed by atoms with Crippen LogP contribution in [0, 0.1) is 11.3 Å². The zero-order valence-corrected chi connectivity index (χ0v) is 15.0. The number of para-hydroxylation sites is 2. The molecule has 0 saturated carbocycles. The van der Waals surface area contributed by atoms with E-state index in [0.29, 0.717) is 23.5 Å². The molecule has 1 amide bonds. The second-order valence-electron chi connectivity index (χ2n) is 6.08. The zero-order valence-electron chi connectivity index (χ0n) is 14.2. The van der Waals surface area contributed by atoms with Crippen molar-refractivity contribution in [1.82, 2.24) is 0 Å². The first-order valence-electron chi connectivity index (χ1n) is 8.38. The van der Waals surface area contributed by atoms with Crippen LogP contribution in [0.25, 0.3) is 0 Å². The number of carbonyl (C=O) groups excluding carboxylic acids is 1. The average molecular weight is 369 g/mol. The molecule has 1 aliphatic rings. The Morgan fingerprint density at radius 2 is 1.88 bits per heavy atom. The number of hydrogen-bond donors (Lipinski definition) is 1. The number of anilines is 2. The fourth-order valence-electron chi connectivity index (χ4n) is 3.02. The first kappa shape index (κ1) is 18.0. The Balaban J connectivity index is 1.68. The molecule has 1 heterocycles. The molecule has 0 aromatic heterocycles. The number of aryl methyl sites for hydroxylation is 1. The molecule has 26 heavy (non-hydrogen) atoms. The molecule has 0 unspecified atom stereocenters. The summed E-state index contributed by atoms with van der Waals surface area (Å²) < 4.78 is 26.8. The third-order valence-corrected chi connectivity index (χ3v) is 6.08. The second-order valence-corrected chi connectivity index (χ2v) is 8.09. The van der Waals surface area contributed by atoms with E-state index in [0.717, 1.165) is 18.4 Å². The summed E-state index contributed by atoms with van der Waals surface area (Å²) in [6.07, 6.45) is 1.45. The molecule has 0 atom stereocenters. The van der Waals surface area contributed by atoms with Crippen LogP contribution >= 0.6 is 0 Å². The molecule has 2 aromatic carbocycles. The first-order valence-corrected chi connectivity index (χ1v) is 9.99. The molecule has 3 rings (SSSR count). The largest absolute Gasteiger partial charge is 0.325 e. The summed E-state index contributed by atoms with van der Waals surface area (Å²) in [6.45, 7) is 0.429. The van der Waals surface area contributed by atoms with E-state index < -0.39 is 15.9 Å². The summed E-state index contributed by atoms with van der Waals surface area (Å²) in [4.78, 5) is 12.2. The lowest BCUT2D eigenvalue weighted by molar-refractivity contribution is -0.115. The highest BCUT2D eigenvalue weighted by Gasteiger charge is 2.27. The molecular formula is C19H19N3O3S. The number of rotatable bonds is 5. The van der Waals surface area contributed by atoms with Gasteiger partial charge in [-0.3, -0.25) is 9.10 Å². The normalized spacial score (nSPS) is 13.6. The van der Waals surface area contributed by atoms with Gasteiger partial charge in [0.15, 0.2) is 0 Å². The molecule has 0 saturated heterocycles. The van der Waals surface area contributed by atoms with E-state index in [9.17, 15) is 13.2 Å². The molecule has 0 spiro atoms. The Morgan fingerprint density at radius 3 is 2.69 bits per heavy atom. The van der Waals surface area contributed by atoms with Crippen molar-refractivity contribution in [3.63, 3.8) is 0 Å². The van der Waals surface area contributed by atoms with Gasteiger partial charge in [0, 0.05) is 13.0 Å². The van der Waals surface area contributed by atoms with Gasteiger partial charge in [0.25, 0.3) is 0 Å². The highest BCUT2D eigenvalue weighted by molar-refractivity contribution is 7.92. The van der Waals surface area contributed by atoms with E-state index in [2.05, 4.69) is 5.32 Å². The van der Waals surface area contributed by atoms with Crippen LogP contribution in [0.5, 0.6) is 0 Å². The summed E-state index contributed by atoms with van der Waals surface area (Å²) in [5, 5.41) is 11.7. The third kappa shape index (κ3) is 3.86. The van der Waals surface area contributed by atoms with E-state index in [4.69, 9.17) is 5.26 Å². The van der Waals surface area contributed by atoms with Crippen LogP contribution in [0.3, 0.4) is 0 Å². The molecule has 0 bridgehead atoms. The first-order chi connectivity index (χ1) is 12.5. The number of nitriles is 1. The van der Waals surface area contributed by atoms with Gasteiger partial charge in [0.05, 0.1) is 22.7 Å². The second kappa shape index (κ2) is 7.58. The van der Waals surface area contributed by atoms with Gasteiger partial charge in [0.2, 0.25) is 15.9 Å². The molecule has 0 fully saturated rings. The van der Waals surface area contributed by atoms with E-state index in [1.54, 1.807) is 30.3 Å². The van der Waals surface area contributed by atoms with E-state index >= 15 is 0 Å². The van der Waals surface area contributed by atoms with Gasteiger partial charge < -0.3 is 5.32 Å². The summed E-state index contributed by atoms with van der Waals surface area (Å²) in [5.74, 6) is -0.705. The number of benzene rings is 2. The molecule has 6 nitrogen and oxygen atoms in total. The highest BCUT2D eigenvalue weighted by Crippen LogP contribution is 2.29. The van der Waals surface area contributed by atoms with Gasteiger partial charge >= 0.3 is 0 Å². The number of carbonyl (C=O) groups is 1. The van der Waals surface area contributed by atoms with Gasteiger partial charge in [0.1, 0.15) is 6.07 Å². The topological polar surface area (TPSA) is 90.3 Å². The molecule has 1 N–H and O–H groups in total. The van der Waals surface area contributed by atoms with Crippen molar-refractivity contribution in [3.05, 3.63) is 59.7 Å². The van der Waals surface area contributed by atoms with E-state index in [-0.39, 0.29) is 12.2 Å². The molecule has 134 valence electrons. The number of nitrogens with one attached hydrogen (secondary N) is 1. The van der Waals surface area contributed by atoms with Gasteiger partial charge in [-0.1, -0.05) is 30.3 Å². The maximum absolute atomic E-state index is 12.7. The van der Waals surface area contributed by atoms with Gasteiger partial charge in [-0.05, 0) is 36.6 Å². The summed E-state index contributed by atoms with van der Waals surface area (Å²) >= 11 is 0. The van der Waals surface area contributed by atoms with Gasteiger partial charge in [-0.15, -0.1) is 0 Å². The maximum Gasteiger partial charge on any atom is 0.235 e. The number of amides is 1. The number of hydrogen-bond acceptors (Lipinski definition) is 4. The Kier molecular flexibility index (Phi) is 5.24. The van der Waals surface area contributed by atoms with Gasteiger partial charge in [-0.25, -0.2) is 8.42 Å². The van der Waals surface area contributed by atoms with Crippen molar-refractivity contribution in [2.45, 2.75) is 19.3 Å². The van der Waals surface area contributed by atoms with E-state index in [1.807, 2.05) is 24.3 Å². The lowest BCUT2D eigenvalue weighted by Crippen LogP contribution is -2.37. The SMILES string of the molecule is N#Cc1ccccc1NC(=O)CCS(=O)(=O)N1CCCc2ccccc21. The smallest absolute Gasteiger partial charge is 0.235 e. The van der Waals surface area contributed by atoms with E-state index in [1.165, 1.54) is 4.31 Å². The number of sulfonamides is 1. The number of nitrogens with zero attached hydrogens (tertiary/aromatic N) is 2. The minimum Gasteiger partial charge on any atom is -0.325 e. The van der Waals surface area contributed by atoms with Crippen LogP contribution in [-0.4, -0.2) is 26.6 Å². The fourth-order valence-corrected chi connectivity index (χ4v) is 4.57. The molecule has 2 aromatic rings. The highest BCUT2D eigenvalue weighted by atomic mass is 32.2. The summed E-state index contributed by atoms with van der Waals surface area (Å²) in [6, 6.07) is 16.1. The predicted molar refractivity (Wildman–Crippen MR) is 100 cm³/mol. The van der Waals surface area contributed by atoms with Crippen molar-refractivity contribution >= 4 is 27.3 Å². The molecule has 0 aliphatic carbocycles. The molecule has 1 aliphatic heterocycles. The third-order valence-electron chi connectivity index (χ3n) is 4.31. The van der Waals surface area contributed by atoms with Crippen LogP contribution < -0.4 is 9.62 Å². The fraction of sp³-hybridized carbons (Fsp3) is 0.263. The minimum atomic E-state index is -3.59. The zero-order chi connectivity index (χ0) is 18.6.